The molecule has 0 unspecified atom stereocenters. The van der Waals surface area contributed by atoms with Gasteiger partial charge < -0.3 is 19.0 Å². The van der Waals surface area contributed by atoms with Crippen molar-refractivity contribution in [3.05, 3.63) is 69.8 Å². The number of ether oxygens (including phenoxy) is 3. The molecule has 0 fully saturated rings. The van der Waals surface area contributed by atoms with Gasteiger partial charge in [-0.1, -0.05) is 12.1 Å². The molecule has 182 valence electrons. The Kier molecular flexibility index (Phi) is 9.52. The Balaban J connectivity index is 1.91. The van der Waals surface area contributed by atoms with Gasteiger partial charge >= 0.3 is 11.9 Å². The summed E-state index contributed by atoms with van der Waals surface area (Å²) in [6.07, 6.45) is 3.39. The van der Waals surface area contributed by atoms with Crippen molar-refractivity contribution in [2.75, 3.05) is 20.3 Å². The van der Waals surface area contributed by atoms with Crippen molar-refractivity contribution in [1.82, 2.24) is 0 Å². The molecule has 0 saturated heterocycles. The Morgan fingerprint density at radius 2 is 1.82 bits per heavy atom. The first-order valence-corrected chi connectivity index (χ1v) is 11.3. The average molecular weight is 494 g/mol. The average Bonchev–Trinajstić information content (AvgIpc) is 2.79. The topological polar surface area (TPSA) is 174 Å². The van der Waals surface area contributed by atoms with E-state index in [9.17, 15) is 28.1 Å². The van der Waals surface area contributed by atoms with E-state index >= 15 is 0 Å². The highest BCUT2D eigenvalue weighted by atomic mass is 32.2. The number of sulfonamides is 1. The second kappa shape index (κ2) is 12.3. The number of hydrogen-bond donors (Lipinski definition) is 1. The Bertz CT molecular complexity index is 1160. The lowest BCUT2D eigenvalue weighted by atomic mass is 10.2. The largest absolute Gasteiger partial charge is 0.493 e. The van der Waals surface area contributed by atoms with Crippen LogP contribution in [0.1, 0.15) is 28.8 Å². The summed E-state index contributed by atoms with van der Waals surface area (Å²) in [5.74, 6) is -0.838. The van der Waals surface area contributed by atoms with Crippen LogP contribution in [0, 0.1) is 10.1 Å². The van der Waals surface area contributed by atoms with Crippen molar-refractivity contribution >= 4 is 28.0 Å². The van der Waals surface area contributed by atoms with Crippen LogP contribution in [0.25, 0.3) is 6.08 Å². The molecular weight excluding hydrogens is 472 g/mol. The zero-order chi connectivity index (χ0) is 25.1. The monoisotopic (exact) mass is 494 g/mol. The molecule has 2 aromatic carbocycles. The second-order valence-electron chi connectivity index (χ2n) is 6.61. The molecule has 0 aliphatic rings. The summed E-state index contributed by atoms with van der Waals surface area (Å²) in [4.78, 5) is 37.9. The Morgan fingerprint density at radius 1 is 1.12 bits per heavy atom. The van der Waals surface area contributed by atoms with E-state index in [1.54, 1.807) is 24.3 Å². The molecular formula is C21H22N2O10S. The van der Waals surface area contributed by atoms with Crippen LogP contribution in [0.15, 0.2) is 53.4 Å². The first kappa shape index (κ1) is 26.3. The van der Waals surface area contributed by atoms with E-state index in [-0.39, 0.29) is 48.0 Å². The van der Waals surface area contributed by atoms with Crippen molar-refractivity contribution in [2.24, 2.45) is 5.14 Å². The molecule has 0 amide bonds. The molecule has 0 radical (unpaired) electrons. The number of benzene rings is 2. The fourth-order valence-corrected chi connectivity index (χ4v) is 3.08. The van der Waals surface area contributed by atoms with Crippen molar-refractivity contribution in [3.8, 4) is 11.5 Å². The fourth-order valence-electron chi connectivity index (χ4n) is 2.56. The predicted molar refractivity (Wildman–Crippen MR) is 118 cm³/mol. The van der Waals surface area contributed by atoms with Crippen molar-refractivity contribution < 1.29 is 42.1 Å². The molecule has 0 aliphatic heterocycles. The second-order valence-corrected chi connectivity index (χ2v) is 8.18. The van der Waals surface area contributed by atoms with Gasteiger partial charge in [0, 0.05) is 6.42 Å². The smallest absolute Gasteiger partial charge is 0.343 e. The molecule has 0 bridgehead atoms. The number of carbonyl (C=O) groups is 2. The van der Waals surface area contributed by atoms with Gasteiger partial charge in [0.25, 0.3) is 5.09 Å². The lowest BCUT2D eigenvalue weighted by Crippen LogP contribution is -2.13. The SMILES string of the molecule is COc1cc(/C=C/COC(=O)CCCO[N+](=O)[O-])ccc1OC(=O)c1ccc(S(N)(=O)=O)cc1. The van der Waals surface area contributed by atoms with E-state index in [0.29, 0.717) is 5.56 Å². The number of carbonyl (C=O) groups excluding carboxylic acids is 2. The number of primary sulfonamides is 1. The number of nitrogens with two attached hydrogens (primary N) is 1. The van der Waals surface area contributed by atoms with Crippen LogP contribution in [-0.4, -0.2) is 45.8 Å². The third-order valence-electron chi connectivity index (χ3n) is 4.18. The minimum atomic E-state index is -3.88. The van der Waals surface area contributed by atoms with Crippen molar-refractivity contribution in [1.29, 1.82) is 0 Å². The maximum atomic E-state index is 12.4. The summed E-state index contributed by atoms with van der Waals surface area (Å²) in [7, 11) is -2.48. The predicted octanol–water partition coefficient (Wildman–Crippen LogP) is 2.11. The third-order valence-corrected chi connectivity index (χ3v) is 5.11. The quantitative estimate of drug-likeness (QED) is 0.151. The van der Waals surface area contributed by atoms with Crippen LogP contribution in [0.4, 0.5) is 0 Å². The first-order chi connectivity index (χ1) is 16.1. The number of methoxy groups -OCH3 is 1. The minimum Gasteiger partial charge on any atom is -0.493 e. The minimum absolute atomic E-state index is 0.0114. The molecule has 12 nitrogen and oxygen atoms in total. The number of esters is 2. The highest BCUT2D eigenvalue weighted by Gasteiger charge is 2.14. The van der Waals surface area contributed by atoms with Gasteiger partial charge in [0.2, 0.25) is 10.0 Å². The molecule has 0 saturated carbocycles. The highest BCUT2D eigenvalue weighted by Crippen LogP contribution is 2.29. The summed E-state index contributed by atoms with van der Waals surface area (Å²) in [6.45, 7) is -0.196. The number of rotatable bonds is 12. The summed E-state index contributed by atoms with van der Waals surface area (Å²) in [5.41, 5.74) is 0.787. The lowest BCUT2D eigenvalue weighted by Gasteiger charge is -2.10. The number of nitrogens with zero attached hydrogens (tertiary/aromatic N) is 1. The van der Waals surface area contributed by atoms with Crippen LogP contribution in [0.2, 0.25) is 0 Å². The van der Waals surface area contributed by atoms with Crippen LogP contribution >= 0.6 is 0 Å². The van der Waals surface area contributed by atoms with Gasteiger partial charge in [-0.05, 0) is 54.5 Å². The summed E-state index contributed by atoms with van der Waals surface area (Å²) in [5, 5.41) is 14.1. The molecule has 34 heavy (non-hydrogen) atoms. The molecule has 2 aromatic rings. The molecule has 0 atom stereocenters. The standard InChI is InChI=1S/C21H22N2O10S/c1-30-19-14-15(4-2-12-31-20(24)5-3-13-32-23(26)27)6-11-18(19)33-21(25)16-7-9-17(10-8-16)34(22,28)29/h2,4,6-11,14H,3,5,12-13H2,1H3,(H2,22,28,29)/b4-2+. The maximum absolute atomic E-state index is 12.4. The molecule has 0 aromatic heterocycles. The molecule has 2 N–H and O–H groups in total. The van der Waals surface area contributed by atoms with E-state index in [0.717, 1.165) is 0 Å². The molecule has 0 aliphatic carbocycles. The Hall–Kier alpha value is -3.97. The van der Waals surface area contributed by atoms with E-state index < -0.39 is 27.0 Å². The van der Waals surface area contributed by atoms with Gasteiger partial charge in [-0.15, -0.1) is 10.1 Å². The van der Waals surface area contributed by atoms with Crippen LogP contribution < -0.4 is 14.6 Å². The van der Waals surface area contributed by atoms with Gasteiger partial charge in [-0.3, -0.25) is 4.79 Å². The van der Waals surface area contributed by atoms with Crippen LogP contribution in [-0.2, 0) is 24.4 Å². The normalized spacial score (nSPS) is 11.1. The molecule has 2 rings (SSSR count). The van der Waals surface area contributed by atoms with E-state index in [4.69, 9.17) is 19.3 Å². The van der Waals surface area contributed by atoms with Gasteiger partial charge in [-0.25, -0.2) is 18.4 Å². The molecule has 0 heterocycles. The molecule has 13 heteroatoms. The third kappa shape index (κ3) is 8.52. The molecule has 0 spiro atoms. The van der Waals surface area contributed by atoms with Crippen molar-refractivity contribution in [2.45, 2.75) is 17.7 Å². The lowest BCUT2D eigenvalue weighted by molar-refractivity contribution is -0.757. The fraction of sp³-hybridized carbons (Fsp3) is 0.238. The van der Waals surface area contributed by atoms with Gasteiger partial charge in [-0.2, -0.15) is 0 Å². The van der Waals surface area contributed by atoms with Crippen LogP contribution in [0.5, 0.6) is 11.5 Å². The number of hydrogen-bond acceptors (Lipinski definition) is 10. The highest BCUT2D eigenvalue weighted by molar-refractivity contribution is 7.89. The summed E-state index contributed by atoms with van der Waals surface area (Å²) < 4.78 is 38.2. The van der Waals surface area contributed by atoms with Gasteiger partial charge in [0.05, 0.1) is 24.2 Å². The van der Waals surface area contributed by atoms with E-state index in [1.165, 1.54) is 37.4 Å². The van der Waals surface area contributed by atoms with Crippen molar-refractivity contribution in [3.63, 3.8) is 0 Å². The summed E-state index contributed by atoms with van der Waals surface area (Å²) >= 11 is 0. The van der Waals surface area contributed by atoms with Crippen LogP contribution in [0.3, 0.4) is 0 Å². The maximum Gasteiger partial charge on any atom is 0.343 e. The first-order valence-electron chi connectivity index (χ1n) is 9.72. The van der Waals surface area contributed by atoms with Gasteiger partial charge in [0.15, 0.2) is 11.5 Å². The van der Waals surface area contributed by atoms with Gasteiger partial charge in [0.1, 0.15) is 6.61 Å². The Labute approximate surface area is 195 Å². The Morgan fingerprint density at radius 3 is 2.44 bits per heavy atom. The van der Waals surface area contributed by atoms with E-state index in [2.05, 4.69) is 4.84 Å². The van der Waals surface area contributed by atoms with E-state index in [1.807, 2.05) is 0 Å². The zero-order valence-electron chi connectivity index (χ0n) is 18.0. The zero-order valence-corrected chi connectivity index (χ0v) is 18.9. The summed E-state index contributed by atoms with van der Waals surface area (Å²) in [6, 6.07) is 9.71.